The molecule has 1 aromatic carbocycles. The minimum Gasteiger partial charge on any atom is -0.338 e. The molecule has 1 N–H and O–H groups in total. The van der Waals surface area contributed by atoms with E-state index in [-0.39, 0.29) is 6.04 Å². The molecule has 0 saturated heterocycles. The molecule has 27 heavy (non-hydrogen) atoms. The summed E-state index contributed by atoms with van der Waals surface area (Å²) in [5.74, 6) is 1.25. The van der Waals surface area contributed by atoms with Crippen molar-refractivity contribution in [2.75, 3.05) is 0 Å². The van der Waals surface area contributed by atoms with Crippen LogP contribution in [0.5, 0.6) is 0 Å². The van der Waals surface area contributed by atoms with Crippen molar-refractivity contribution < 1.29 is 4.52 Å². The van der Waals surface area contributed by atoms with Crippen molar-refractivity contribution in [3.63, 3.8) is 0 Å². The Kier molecular flexibility index (Phi) is 5.77. The first-order valence-electron chi connectivity index (χ1n) is 9.05. The van der Waals surface area contributed by atoms with Gasteiger partial charge in [-0.2, -0.15) is 4.98 Å². The Bertz CT molecular complexity index is 944. The van der Waals surface area contributed by atoms with E-state index in [1.165, 1.54) is 16.0 Å². The minimum atomic E-state index is 0.109. The highest BCUT2D eigenvalue weighted by molar-refractivity contribution is 7.13. The number of aryl methyl sites for hydroxylation is 1. The summed E-state index contributed by atoms with van der Waals surface area (Å²) >= 11 is 3.36. The topological polar surface area (TPSA) is 51.0 Å². The third-order valence-corrected chi connectivity index (χ3v) is 6.15. The molecule has 1 atom stereocenters. The first kappa shape index (κ1) is 18.1. The van der Waals surface area contributed by atoms with E-state index in [0.29, 0.717) is 18.3 Å². The molecular weight excluding hydrogens is 374 g/mol. The number of hydrogen-bond donors (Lipinski definition) is 1. The predicted octanol–water partition coefficient (Wildman–Crippen LogP) is 5.69. The van der Waals surface area contributed by atoms with Gasteiger partial charge in [0.15, 0.2) is 0 Å². The second-order valence-corrected chi connectivity index (χ2v) is 8.24. The molecule has 0 radical (unpaired) electrons. The third kappa shape index (κ3) is 4.35. The number of aromatic nitrogens is 2. The second-order valence-electron chi connectivity index (χ2n) is 6.31. The Hall–Kier alpha value is -2.28. The molecule has 138 valence electrons. The van der Waals surface area contributed by atoms with Gasteiger partial charge < -0.3 is 4.52 Å². The Morgan fingerprint density at radius 1 is 1.04 bits per heavy atom. The zero-order valence-corrected chi connectivity index (χ0v) is 16.7. The van der Waals surface area contributed by atoms with Crippen molar-refractivity contribution in [3.8, 4) is 10.7 Å². The lowest BCUT2D eigenvalue weighted by atomic mass is 10.0. The van der Waals surface area contributed by atoms with Crippen LogP contribution in [0.2, 0.25) is 0 Å². The maximum atomic E-state index is 5.43. The van der Waals surface area contributed by atoms with Gasteiger partial charge in [0.2, 0.25) is 11.7 Å². The van der Waals surface area contributed by atoms with E-state index in [2.05, 4.69) is 64.2 Å². The van der Waals surface area contributed by atoms with Crippen LogP contribution in [0, 0.1) is 0 Å². The Labute approximate surface area is 166 Å². The summed E-state index contributed by atoms with van der Waals surface area (Å²) in [5, 5.41) is 11.8. The number of nitrogens with zero attached hydrogens (tertiary/aromatic N) is 2. The smallest absolute Gasteiger partial charge is 0.240 e. The van der Waals surface area contributed by atoms with E-state index in [4.69, 9.17) is 4.52 Å². The van der Waals surface area contributed by atoms with Gasteiger partial charge in [-0.25, -0.2) is 0 Å². The van der Waals surface area contributed by atoms with Gasteiger partial charge in [0.1, 0.15) is 0 Å². The number of benzene rings is 1. The number of hydrogen-bond acceptors (Lipinski definition) is 6. The lowest BCUT2D eigenvalue weighted by molar-refractivity contribution is 0.363. The van der Waals surface area contributed by atoms with Gasteiger partial charge in [0, 0.05) is 4.88 Å². The van der Waals surface area contributed by atoms with Crippen LogP contribution < -0.4 is 5.32 Å². The molecule has 0 spiro atoms. The molecule has 3 aromatic heterocycles. The van der Waals surface area contributed by atoms with Crippen molar-refractivity contribution in [3.05, 3.63) is 81.2 Å². The average Bonchev–Trinajstić information content (AvgIpc) is 3.46. The molecule has 3 heterocycles. The SMILES string of the molecule is CCCc1ccc(C(NCc2nc(-c3cccs3)no2)c2cccs2)cc1. The van der Waals surface area contributed by atoms with Crippen molar-refractivity contribution >= 4 is 22.7 Å². The molecule has 0 aliphatic rings. The quantitative estimate of drug-likeness (QED) is 0.416. The van der Waals surface area contributed by atoms with Crippen LogP contribution in [0.15, 0.2) is 63.8 Å². The summed E-state index contributed by atoms with van der Waals surface area (Å²) < 4.78 is 5.43. The van der Waals surface area contributed by atoms with E-state index in [1.54, 1.807) is 22.7 Å². The fourth-order valence-corrected chi connectivity index (χ4v) is 4.50. The van der Waals surface area contributed by atoms with E-state index in [9.17, 15) is 0 Å². The molecule has 1 unspecified atom stereocenters. The lowest BCUT2D eigenvalue weighted by Gasteiger charge is -2.17. The monoisotopic (exact) mass is 395 g/mol. The van der Waals surface area contributed by atoms with E-state index in [1.807, 2.05) is 17.5 Å². The van der Waals surface area contributed by atoms with Crippen molar-refractivity contribution in [1.82, 2.24) is 15.5 Å². The summed E-state index contributed by atoms with van der Waals surface area (Å²) in [6.07, 6.45) is 2.28. The summed E-state index contributed by atoms with van der Waals surface area (Å²) in [6, 6.07) is 17.2. The van der Waals surface area contributed by atoms with Gasteiger partial charge >= 0.3 is 0 Å². The van der Waals surface area contributed by atoms with Crippen LogP contribution in [0.1, 0.15) is 41.3 Å². The maximum Gasteiger partial charge on any atom is 0.240 e. The summed E-state index contributed by atoms with van der Waals surface area (Å²) in [4.78, 5) is 6.81. The molecule has 4 rings (SSSR count). The molecule has 6 heteroatoms. The molecule has 0 bridgehead atoms. The van der Waals surface area contributed by atoms with Crippen LogP contribution >= 0.6 is 22.7 Å². The van der Waals surface area contributed by atoms with Gasteiger partial charge in [-0.3, -0.25) is 5.32 Å². The Morgan fingerprint density at radius 2 is 1.85 bits per heavy atom. The van der Waals surface area contributed by atoms with Crippen molar-refractivity contribution in [2.24, 2.45) is 0 Å². The van der Waals surface area contributed by atoms with Crippen LogP contribution in [0.3, 0.4) is 0 Å². The van der Waals surface area contributed by atoms with Crippen molar-refractivity contribution in [1.29, 1.82) is 0 Å². The highest BCUT2D eigenvalue weighted by Crippen LogP contribution is 2.27. The predicted molar refractivity (Wildman–Crippen MR) is 111 cm³/mol. The average molecular weight is 396 g/mol. The summed E-state index contributed by atoms with van der Waals surface area (Å²) in [7, 11) is 0. The van der Waals surface area contributed by atoms with Crippen molar-refractivity contribution in [2.45, 2.75) is 32.4 Å². The zero-order valence-electron chi connectivity index (χ0n) is 15.1. The third-order valence-electron chi connectivity index (χ3n) is 4.35. The Balaban J connectivity index is 1.50. The van der Waals surface area contributed by atoms with Gasteiger partial charge in [-0.05, 0) is 40.4 Å². The summed E-state index contributed by atoms with van der Waals surface area (Å²) in [6.45, 7) is 2.73. The van der Waals surface area contributed by atoms with E-state index < -0.39 is 0 Å². The largest absolute Gasteiger partial charge is 0.338 e. The van der Waals surface area contributed by atoms with Crippen LogP contribution in [0.4, 0.5) is 0 Å². The number of thiophene rings is 2. The van der Waals surface area contributed by atoms with E-state index in [0.717, 1.165) is 17.7 Å². The molecular formula is C21H21N3OS2. The molecule has 4 nitrogen and oxygen atoms in total. The van der Waals surface area contributed by atoms with E-state index >= 15 is 0 Å². The van der Waals surface area contributed by atoms with Gasteiger partial charge in [0.05, 0.1) is 17.5 Å². The fourth-order valence-electron chi connectivity index (χ4n) is 3.03. The Morgan fingerprint density at radius 3 is 2.56 bits per heavy atom. The number of rotatable bonds is 8. The van der Waals surface area contributed by atoms with Crippen LogP contribution in [0.25, 0.3) is 10.7 Å². The molecule has 0 aliphatic heterocycles. The molecule has 0 saturated carbocycles. The van der Waals surface area contributed by atoms with Gasteiger partial charge in [-0.1, -0.05) is 54.9 Å². The molecule has 0 aliphatic carbocycles. The standard InChI is InChI=1S/C21H21N3OS2/c1-2-5-15-8-10-16(11-9-15)20(17-6-3-12-26-17)22-14-19-23-21(24-25-19)18-7-4-13-27-18/h3-4,6-13,20,22H,2,5,14H2,1H3. The molecule has 0 fully saturated rings. The normalized spacial score (nSPS) is 12.3. The maximum absolute atomic E-state index is 5.43. The van der Waals surface area contributed by atoms with Gasteiger partial charge in [0.25, 0.3) is 0 Å². The second kappa shape index (κ2) is 8.61. The highest BCUT2D eigenvalue weighted by Gasteiger charge is 2.17. The fraction of sp³-hybridized carbons (Fsp3) is 0.238. The highest BCUT2D eigenvalue weighted by atomic mass is 32.1. The van der Waals surface area contributed by atoms with Crippen LogP contribution in [-0.4, -0.2) is 10.1 Å². The first-order chi connectivity index (χ1) is 13.3. The molecule has 0 amide bonds. The molecule has 4 aromatic rings. The minimum absolute atomic E-state index is 0.109. The van der Waals surface area contributed by atoms with Gasteiger partial charge in [-0.15, -0.1) is 22.7 Å². The summed E-state index contributed by atoms with van der Waals surface area (Å²) in [5.41, 5.74) is 2.62. The lowest BCUT2D eigenvalue weighted by Crippen LogP contribution is -2.21. The van der Waals surface area contributed by atoms with Crippen LogP contribution in [-0.2, 0) is 13.0 Å². The number of nitrogens with one attached hydrogen (secondary N) is 1. The first-order valence-corrected chi connectivity index (χ1v) is 10.8. The zero-order chi connectivity index (χ0) is 18.5.